The molecule has 5 heteroatoms. The largest absolute Gasteiger partial charge is 0.465 e. The van der Waals surface area contributed by atoms with E-state index in [1.54, 1.807) is 13.8 Å². The van der Waals surface area contributed by atoms with Crippen molar-refractivity contribution in [2.45, 2.75) is 13.8 Å². The minimum Gasteiger partial charge on any atom is -0.465 e. The summed E-state index contributed by atoms with van der Waals surface area (Å²) in [6.45, 7) is 4.13. The Bertz CT molecular complexity index is 138. The van der Waals surface area contributed by atoms with Crippen molar-refractivity contribution >= 4 is 5.97 Å². The Kier molecular flexibility index (Phi) is 5.06. The van der Waals surface area contributed by atoms with Gasteiger partial charge in [0.25, 0.3) is 0 Å². The van der Waals surface area contributed by atoms with Gasteiger partial charge in [0.1, 0.15) is 6.54 Å². The summed E-state index contributed by atoms with van der Waals surface area (Å²) < 4.78 is 4.60. The highest BCUT2D eigenvalue weighted by Crippen LogP contribution is 1.89. The molecule has 0 aromatic carbocycles. The second-order valence-corrected chi connectivity index (χ2v) is 1.87. The first-order valence-corrected chi connectivity index (χ1v) is 3.48. The van der Waals surface area contributed by atoms with Crippen molar-refractivity contribution in [3.8, 4) is 0 Å². The summed E-state index contributed by atoms with van der Waals surface area (Å²) in [4.78, 5) is 20.7. The van der Waals surface area contributed by atoms with E-state index < -0.39 is 5.97 Å². The molecule has 11 heavy (non-hydrogen) atoms. The molecule has 64 valence electrons. The second-order valence-electron chi connectivity index (χ2n) is 1.87. The molecule has 0 rings (SSSR count). The monoisotopic (exact) mass is 160 g/mol. The quantitative estimate of drug-likeness (QED) is 0.335. The van der Waals surface area contributed by atoms with Crippen LogP contribution < -0.4 is 0 Å². The fraction of sp³-hybridized carbons (Fsp3) is 0.833. The third kappa shape index (κ3) is 4.30. The van der Waals surface area contributed by atoms with Crippen LogP contribution in [0.1, 0.15) is 13.8 Å². The number of likely N-dealkylation sites (N-methyl/N-ethyl adjacent to an activating group) is 1. The molecule has 0 aliphatic carbocycles. The number of esters is 1. The fourth-order valence-corrected chi connectivity index (χ4v) is 0.554. The highest BCUT2D eigenvalue weighted by Gasteiger charge is 2.07. The van der Waals surface area contributed by atoms with Crippen LogP contribution in [-0.4, -0.2) is 30.7 Å². The zero-order valence-corrected chi connectivity index (χ0v) is 6.74. The number of ether oxygens (including phenoxy) is 1. The Hall–Kier alpha value is -1.13. The summed E-state index contributed by atoms with van der Waals surface area (Å²) in [6, 6.07) is 0. The first-order chi connectivity index (χ1) is 5.24. The van der Waals surface area contributed by atoms with Crippen molar-refractivity contribution in [3.05, 3.63) is 4.91 Å². The fourth-order valence-electron chi connectivity index (χ4n) is 0.554. The molecule has 5 nitrogen and oxygen atoms in total. The molecule has 0 heterocycles. The van der Waals surface area contributed by atoms with Gasteiger partial charge in [0.05, 0.1) is 11.9 Å². The minimum absolute atomic E-state index is 0.0617. The SMILES string of the molecule is CCOC(=O)CN(CC)N=O. The van der Waals surface area contributed by atoms with Crippen LogP contribution in [0.25, 0.3) is 0 Å². The Morgan fingerprint density at radius 1 is 1.55 bits per heavy atom. The molecule has 0 radical (unpaired) electrons. The summed E-state index contributed by atoms with van der Waals surface area (Å²) >= 11 is 0. The standard InChI is InChI=1S/C6H12N2O3/c1-3-8(7-10)5-6(9)11-4-2/h3-5H2,1-2H3. The van der Waals surface area contributed by atoms with E-state index in [1.165, 1.54) is 0 Å². The van der Waals surface area contributed by atoms with Crippen LogP contribution in [-0.2, 0) is 9.53 Å². The van der Waals surface area contributed by atoms with Crippen LogP contribution in [0.3, 0.4) is 0 Å². The van der Waals surface area contributed by atoms with E-state index >= 15 is 0 Å². The van der Waals surface area contributed by atoms with Gasteiger partial charge in [0.15, 0.2) is 0 Å². The molecular weight excluding hydrogens is 148 g/mol. The minimum atomic E-state index is -0.422. The van der Waals surface area contributed by atoms with E-state index in [0.29, 0.717) is 13.2 Å². The van der Waals surface area contributed by atoms with Crippen LogP contribution in [0.5, 0.6) is 0 Å². The lowest BCUT2D eigenvalue weighted by atomic mass is 10.6. The van der Waals surface area contributed by atoms with Crippen LogP contribution in [0.15, 0.2) is 5.29 Å². The Morgan fingerprint density at radius 3 is 2.55 bits per heavy atom. The summed E-state index contributed by atoms with van der Waals surface area (Å²) in [7, 11) is 0. The lowest BCUT2D eigenvalue weighted by molar-refractivity contribution is -0.144. The molecule has 0 aliphatic heterocycles. The topological polar surface area (TPSA) is 59.0 Å². The average molecular weight is 160 g/mol. The molecule has 0 aliphatic rings. The first-order valence-electron chi connectivity index (χ1n) is 3.48. The van der Waals surface area contributed by atoms with Gasteiger partial charge in [-0.2, -0.15) is 0 Å². The summed E-state index contributed by atoms with van der Waals surface area (Å²) in [5.74, 6) is -0.422. The number of hydrogen-bond donors (Lipinski definition) is 0. The highest BCUT2D eigenvalue weighted by atomic mass is 16.5. The zero-order valence-electron chi connectivity index (χ0n) is 6.74. The van der Waals surface area contributed by atoms with Gasteiger partial charge in [0.2, 0.25) is 0 Å². The van der Waals surface area contributed by atoms with Gasteiger partial charge in [-0.3, -0.25) is 4.79 Å². The van der Waals surface area contributed by atoms with E-state index in [0.717, 1.165) is 5.01 Å². The molecule has 0 unspecified atom stereocenters. The van der Waals surface area contributed by atoms with Crippen LogP contribution >= 0.6 is 0 Å². The molecule has 0 saturated heterocycles. The van der Waals surface area contributed by atoms with Gasteiger partial charge in [-0.1, -0.05) is 0 Å². The maximum atomic E-state index is 10.7. The Morgan fingerprint density at radius 2 is 2.18 bits per heavy atom. The molecule has 0 aromatic heterocycles. The second kappa shape index (κ2) is 5.64. The van der Waals surface area contributed by atoms with Crippen LogP contribution in [0, 0.1) is 4.91 Å². The lowest BCUT2D eigenvalue weighted by Crippen LogP contribution is -2.25. The van der Waals surface area contributed by atoms with E-state index in [2.05, 4.69) is 10.0 Å². The van der Waals surface area contributed by atoms with Gasteiger partial charge in [-0.15, -0.1) is 4.91 Å². The number of nitroso groups, excluding NO2 is 1. The zero-order chi connectivity index (χ0) is 8.69. The van der Waals surface area contributed by atoms with Gasteiger partial charge in [0, 0.05) is 6.54 Å². The van der Waals surface area contributed by atoms with E-state index in [-0.39, 0.29) is 6.54 Å². The van der Waals surface area contributed by atoms with Crippen molar-refractivity contribution < 1.29 is 9.53 Å². The number of carbonyl (C=O) groups is 1. The van der Waals surface area contributed by atoms with Crippen LogP contribution in [0.4, 0.5) is 0 Å². The number of hydrogen-bond acceptors (Lipinski definition) is 4. The Balaban J connectivity index is 3.62. The summed E-state index contributed by atoms with van der Waals surface area (Å²) in [5, 5.41) is 3.71. The van der Waals surface area contributed by atoms with Crippen molar-refractivity contribution in [2.24, 2.45) is 5.29 Å². The number of carbonyl (C=O) groups excluding carboxylic acids is 1. The number of nitrogens with zero attached hydrogens (tertiary/aromatic N) is 2. The van der Waals surface area contributed by atoms with Gasteiger partial charge in [-0.05, 0) is 13.8 Å². The van der Waals surface area contributed by atoms with Gasteiger partial charge >= 0.3 is 5.97 Å². The summed E-state index contributed by atoms with van der Waals surface area (Å²) in [5.41, 5.74) is 0. The van der Waals surface area contributed by atoms with Crippen molar-refractivity contribution in [3.63, 3.8) is 0 Å². The van der Waals surface area contributed by atoms with Gasteiger partial charge < -0.3 is 4.74 Å². The van der Waals surface area contributed by atoms with E-state index in [1.807, 2.05) is 0 Å². The van der Waals surface area contributed by atoms with Crippen molar-refractivity contribution in [2.75, 3.05) is 19.7 Å². The smallest absolute Gasteiger partial charge is 0.327 e. The maximum absolute atomic E-state index is 10.7. The molecule has 0 atom stereocenters. The molecular formula is C6H12N2O3. The third-order valence-corrected chi connectivity index (χ3v) is 1.10. The maximum Gasteiger partial charge on any atom is 0.327 e. The lowest BCUT2D eigenvalue weighted by Gasteiger charge is -2.10. The third-order valence-electron chi connectivity index (χ3n) is 1.10. The summed E-state index contributed by atoms with van der Waals surface area (Å²) in [6.07, 6.45) is 0. The molecule has 0 N–H and O–H groups in total. The average Bonchev–Trinajstić information content (AvgIpc) is 2.01. The normalized spacial score (nSPS) is 8.91. The van der Waals surface area contributed by atoms with E-state index in [9.17, 15) is 9.70 Å². The molecule has 0 aromatic rings. The molecule has 0 bridgehead atoms. The highest BCUT2D eigenvalue weighted by molar-refractivity contribution is 5.71. The molecule has 0 saturated carbocycles. The number of rotatable bonds is 5. The molecule has 0 spiro atoms. The predicted octanol–water partition coefficient (Wildman–Crippen LogP) is 0.553. The van der Waals surface area contributed by atoms with Gasteiger partial charge in [-0.25, -0.2) is 5.01 Å². The molecule has 0 amide bonds. The Labute approximate surface area is 65.3 Å². The molecule has 0 fully saturated rings. The van der Waals surface area contributed by atoms with Crippen molar-refractivity contribution in [1.29, 1.82) is 0 Å². The predicted molar refractivity (Wildman–Crippen MR) is 39.7 cm³/mol. The first kappa shape index (κ1) is 9.87. The van der Waals surface area contributed by atoms with Crippen molar-refractivity contribution in [1.82, 2.24) is 5.01 Å². The van der Waals surface area contributed by atoms with Crippen LogP contribution in [0.2, 0.25) is 0 Å². The van der Waals surface area contributed by atoms with E-state index in [4.69, 9.17) is 0 Å².